The van der Waals surface area contributed by atoms with E-state index < -0.39 is 0 Å². The molecule has 2 aromatic carbocycles. The topological polar surface area (TPSA) is 68.3 Å². The lowest BCUT2D eigenvalue weighted by Gasteiger charge is -2.37. The lowest BCUT2D eigenvalue weighted by Crippen LogP contribution is -2.47. The van der Waals surface area contributed by atoms with Gasteiger partial charge in [-0.1, -0.05) is 30.3 Å². The van der Waals surface area contributed by atoms with Crippen LogP contribution < -0.4 is 9.47 Å². The van der Waals surface area contributed by atoms with Crippen molar-refractivity contribution in [1.82, 2.24) is 9.80 Å². The third kappa shape index (κ3) is 4.59. The van der Waals surface area contributed by atoms with Gasteiger partial charge in [0.25, 0.3) is 11.8 Å². The smallest absolute Gasteiger partial charge is 0.277 e. The zero-order valence-corrected chi connectivity index (χ0v) is 19.5. The van der Waals surface area contributed by atoms with Crippen molar-refractivity contribution in [2.75, 3.05) is 33.9 Å². The second-order valence-electron chi connectivity index (χ2n) is 8.45. The van der Waals surface area contributed by atoms with Crippen LogP contribution >= 0.6 is 0 Å². The van der Waals surface area contributed by atoms with E-state index in [1.165, 1.54) is 4.90 Å². The van der Waals surface area contributed by atoms with E-state index in [0.717, 1.165) is 11.3 Å². The van der Waals surface area contributed by atoms with E-state index in [4.69, 9.17) is 14.2 Å². The number of morpholine rings is 1. The van der Waals surface area contributed by atoms with Gasteiger partial charge in [-0.05, 0) is 44.0 Å². The molecular formula is C26H30N2O5. The van der Waals surface area contributed by atoms with Crippen molar-refractivity contribution in [3.05, 3.63) is 65.4 Å². The Morgan fingerprint density at radius 2 is 1.58 bits per heavy atom. The van der Waals surface area contributed by atoms with E-state index in [-0.39, 0.29) is 24.0 Å². The van der Waals surface area contributed by atoms with Crippen molar-refractivity contribution in [3.8, 4) is 11.5 Å². The zero-order chi connectivity index (χ0) is 23.5. The van der Waals surface area contributed by atoms with E-state index in [9.17, 15) is 9.59 Å². The molecule has 2 unspecified atom stereocenters. The molecule has 2 amide bonds. The van der Waals surface area contributed by atoms with Crippen molar-refractivity contribution >= 4 is 17.4 Å². The summed E-state index contributed by atoms with van der Waals surface area (Å²) in [6.07, 6.45) is 0.469. The molecule has 0 spiro atoms. The van der Waals surface area contributed by atoms with Crippen molar-refractivity contribution in [3.63, 3.8) is 0 Å². The summed E-state index contributed by atoms with van der Waals surface area (Å²) in [6.45, 7) is 5.35. The predicted molar refractivity (Wildman–Crippen MR) is 125 cm³/mol. The van der Waals surface area contributed by atoms with Crippen LogP contribution in [0.1, 0.15) is 25.0 Å². The standard InChI is InChI=1S/C26H30N2O5/c1-17-15-27(16-18(2)33-17)24-23(21-7-5-6-8-22(21)32-4)25(29)28(26(24)30)14-13-19-9-11-20(31-3)12-10-19/h5-12,17-18H,13-16H2,1-4H3. The molecule has 174 valence electrons. The molecule has 2 heterocycles. The molecule has 1 saturated heterocycles. The molecular weight excluding hydrogens is 420 g/mol. The molecule has 7 heteroatoms. The average Bonchev–Trinajstić information content (AvgIpc) is 3.06. The molecule has 0 N–H and O–H groups in total. The number of rotatable bonds is 7. The van der Waals surface area contributed by atoms with E-state index in [1.54, 1.807) is 14.2 Å². The Morgan fingerprint density at radius 3 is 2.21 bits per heavy atom. The lowest BCUT2D eigenvalue weighted by atomic mass is 10.0. The van der Waals surface area contributed by atoms with Crippen LogP contribution in [0, 0.1) is 0 Å². The minimum Gasteiger partial charge on any atom is -0.497 e. The Bertz CT molecular complexity index is 1050. The second-order valence-corrected chi connectivity index (χ2v) is 8.45. The summed E-state index contributed by atoms with van der Waals surface area (Å²) in [7, 11) is 3.19. The number of imide groups is 1. The molecule has 7 nitrogen and oxygen atoms in total. The Balaban J connectivity index is 1.67. The molecule has 0 bridgehead atoms. The van der Waals surface area contributed by atoms with Crippen molar-refractivity contribution in [2.24, 2.45) is 0 Å². The van der Waals surface area contributed by atoms with E-state index >= 15 is 0 Å². The van der Waals surface area contributed by atoms with Gasteiger partial charge in [0.2, 0.25) is 0 Å². The molecule has 1 fully saturated rings. The third-order valence-corrected chi connectivity index (χ3v) is 6.04. The maximum absolute atomic E-state index is 13.6. The fraction of sp³-hybridized carbons (Fsp3) is 0.385. The SMILES string of the molecule is COc1ccc(CCN2C(=O)C(c3ccccc3OC)=C(N3CC(C)OC(C)C3)C2=O)cc1. The highest BCUT2D eigenvalue weighted by molar-refractivity contribution is 6.36. The molecule has 0 saturated carbocycles. The Labute approximate surface area is 194 Å². The lowest BCUT2D eigenvalue weighted by molar-refractivity contribution is -0.138. The van der Waals surface area contributed by atoms with Crippen LogP contribution in [0.15, 0.2) is 54.2 Å². The van der Waals surface area contributed by atoms with E-state index in [0.29, 0.717) is 48.6 Å². The monoisotopic (exact) mass is 450 g/mol. The molecule has 4 rings (SSSR count). The minimum atomic E-state index is -0.292. The maximum Gasteiger partial charge on any atom is 0.277 e. The van der Waals surface area contributed by atoms with Crippen LogP contribution in [0.3, 0.4) is 0 Å². The number of benzene rings is 2. The summed E-state index contributed by atoms with van der Waals surface area (Å²) in [6, 6.07) is 15.0. The van der Waals surface area contributed by atoms with Gasteiger partial charge in [-0.25, -0.2) is 0 Å². The number of para-hydroxylation sites is 1. The van der Waals surface area contributed by atoms with Gasteiger partial charge in [-0.15, -0.1) is 0 Å². The van der Waals surface area contributed by atoms with Gasteiger partial charge in [0.15, 0.2) is 0 Å². The van der Waals surface area contributed by atoms with Gasteiger partial charge in [0, 0.05) is 25.2 Å². The zero-order valence-electron chi connectivity index (χ0n) is 19.5. The fourth-order valence-corrected chi connectivity index (χ4v) is 4.55. The summed E-state index contributed by atoms with van der Waals surface area (Å²) in [5.74, 6) is 0.776. The number of methoxy groups -OCH3 is 2. The minimum absolute atomic E-state index is 0.0450. The van der Waals surface area contributed by atoms with Crippen LogP contribution in [0.25, 0.3) is 5.57 Å². The van der Waals surface area contributed by atoms with Gasteiger partial charge < -0.3 is 19.1 Å². The Morgan fingerprint density at radius 1 is 0.909 bits per heavy atom. The predicted octanol–water partition coefficient (Wildman–Crippen LogP) is 3.14. The first kappa shape index (κ1) is 22.9. The van der Waals surface area contributed by atoms with Crippen LogP contribution in [0.5, 0.6) is 11.5 Å². The number of carbonyl (C=O) groups excluding carboxylic acids is 2. The van der Waals surface area contributed by atoms with Crippen molar-refractivity contribution in [1.29, 1.82) is 0 Å². The highest BCUT2D eigenvalue weighted by Gasteiger charge is 2.43. The van der Waals surface area contributed by atoms with Gasteiger partial charge in [0.1, 0.15) is 17.2 Å². The largest absolute Gasteiger partial charge is 0.497 e. The average molecular weight is 451 g/mol. The number of nitrogens with zero attached hydrogens (tertiary/aromatic N) is 2. The molecule has 0 aromatic heterocycles. The number of hydrogen-bond acceptors (Lipinski definition) is 6. The van der Waals surface area contributed by atoms with Gasteiger partial charge in [-0.3, -0.25) is 14.5 Å². The quantitative estimate of drug-likeness (QED) is 0.604. The van der Waals surface area contributed by atoms with Gasteiger partial charge >= 0.3 is 0 Å². The highest BCUT2D eigenvalue weighted by atomic mass is 16.5. The number of amides is 2. The van der Waals surface area contributed by atoms with Crippen molar-refractivity contribution in [2.45, 2.75) is 32.5 Å². The highest BCUT2D eigenvalue weighted by Crippen LogP contribution is 2.37. The van der Waals surface area contributed by atoms with Crippen LogP contribution in [0.2, 0.25) is 0 Å². The van der Waals surface area contributed by atoms with Gasteiger partial charge in [-0.2, -0.15) is 0 Å². The first-order valence-electron chi connectivity index (χ1n) is 11.2. The number of ether oxygens (including phenoxy) is 3. The Hall–Kier alpha value is -3.32. The Kier molecular flexibility index (Phi) is 6.70. The van der Waals surface area contributed by atoms with Crippen LogP contribution in [-0.2, 0) is 20.7 Å². The van der Waals surface area contributed by atoms with E-state index in [2.05, 4.69) is 0 Å². The summed E-state index contributed by atoms with van der Waals surface area (Å²) in [4.78, 5) is 30.6. The third-order valence-electron chi connectivity index (χ3n) is 6.04. The molecule has 0 radical (unpaired) electrons. The summed E-state index contributed by atoms with van der Waals surface area (Å²) < 4.78 is 16.6. The number of hydrogen-bond donors (Lipinski definition) is 0. The maximum atomic E-state index is 13.6. The molecule has 2 aliphatic heterocycles. The fourth-order valence-electron chi connectivity index (χ4n) is 4.55. The molecule has 0 aliphatic carbocycles. The molecule has 2 aliphatic rings. The van der Waals surface area contributed by atoms with Crippen LogP contribution in [0.4, 0.5) is 0 Å². The second kappa shape index (κ2) is 9.67. The summed E-state index contributed by atoms with van der Waals surface area (Å²) in [5.41, 5.74) is 2.49. The normalized spacial score (nSPS) is 21.1. The van der Waals surface area contributed by atoms with Crippen molar-refractivity contribution < 1.29 is 23.8 Å². The number of carbonyl (C=O) groups is 2. The molecule has 2 atom stereocenters. The molecule has 33 heavy (non-hydrogen) atoms. The van der Waals surface area contributed by atoms with E-state index in [1.807, 2.05) is 67.3 Å². The first-order valence-corrected chi connectivity index (χ1v) is 11.2. The summed E-state index contributed by atoms with van der Waals surface area (Å²) in [5, 5.41) is 0. The summed E-state index contributed by atoms with van der Waals surface area (Å²) >= 11 is 0. The van der Waals surface area contributed by atoms with Gasteiger partial charge in [0.05, 0.1) is 32.0 Å². The van der Waals surface area contributed by atoms with Crippen LogP contribution in [-0.4, -0.2) is 67.7 Å². The first-order chi connectivity index (χ1) is 15.9. The molecule has 2 aromatic rings.